The van der Waals surface area contributed by atoms with E-state index >= 15 is 0 Å². The Bertz CT molecular complexity index is 311. The Hall–Kier alpha value is -1.75. The monoisotopic (exact) mass is 178 g/mol. The van der Waals surface area contributed by atoms with E-state index in [2.05, 4.69) is 16.0 Å². The van der Waals surface area contributed by atoms with Gasteiger partial charge < -0.3 is 4.84 Å². The van der Waals surface area contributed by atoms with E-state index in [9.17, 15) is 0 Å². The Labute approximate surface area is 75.9 Å². The summed E-state index contributed by atoms with van der Waals surface area (Å²) in [6.07, 6.45) is 0. The molecule has 0 spiro atoms. The van der Waals surface area contributed by atoms with Gasteiger partial charge in [-0.15, -0.1) is 0 Å². The summed E-state index contributed by atoms with van der Waals surface area (Å²) in [6.45, 7) is 0. The van der Waals surface area contributed by atoms with Crippen LogP contribution < -0.4 is 16.1 Å². The van der Waals surface area contributed by atoms with Crippen LogP contribution in [0.25, 0.3) is 0 Å². The number of hydrazine groups is 2. The highest BCUT2D eigenvalue weighted by molar-refractivity contribution is 5.77. The zero-order chi connectivity index (χ0) is 9.10. The molecule has 0 saturated carbocycles. The lowest BCUT2D eigenvalue weighted by Gasteiger charge is -2.12. The van der Waals surface area contributed by atoms with Gasteiger partial charge in [-0.05, 0) is 17.7 Å². The van der Waals surface area contributed by atoms with Gasteiger partial charge in [-0.1, -0.05) is 18.2 Å². The van der Waals surface area contributed by atoms with E-state index in [-0.39, 0.29) is 0 Å². The number of hydrogen-bond acceptors (Lipinski definition) is 4. The van der Waals surface area contributed by atoms with Gasteiger partial charge in [-0.25, -0.2) is 10.4 Å². The lowest BCUT2D eigenvalue weighted by atomic mass is 10.3. The second-order valence-electron chi connectivity index (χ2n) is 2.50. The van der Waals surface area contributed by atoms with Crippen LogP contribution in [0.5, 0.6) is 0 Å². The lowest BCUT2D eigenvalue weighted by molar-refractivity contribution is 0.209. The van der Waals surface area contributed by atoms with Crippen molar-refractivity contribution in [1.82, 2.24) is 11.0 Å². The highest BCUT2D eigenvalue weighted by Crippen LogP contribution is 2.10. The third-order valence-corrected chi connectivity index (χ3v) is 1.66. The fourth-order valence-electron chi connectivity index (χ4n) is 1.02. The van der Waals surface area contributed by atoms with Crippen LogP contribution in [0.15, 0.2) is 35.3 Å². The van der Waals surface area contributed by atoms with Crippen LogP contribution in [-0.2, 0) is 4.84 Å². The molecule has 13 heavy (non-hydrogen) atoms. The number of aliphatic imine (C=N–C) groups is 1. The molecular formula is C8H10N4O. The van der Waals surface area contributed by atoms with E-state index in [0.29, 0.717) is 6.02 Å². The average molecular weight is 178 g/mol. The number of hydrogen-bond donors (Lipinski definition) is 2. The third-order valence-electron chi connectivity index (χ3n) is 1.66. The minimum Gasteiger partial charge on any atom is -0.348 e. The first-order valence-electron chi connectivity index (χ1n) is 3.91. The third kappa shape index (κ3) is 1.54. The largest absolute Gasteiger partial charge is 0.348 e. The maximum atomic E-state index is 4.98. The lowest BCUT2D eigenvalue weighted by Crippen LogP contribution is -2.38. The van der Waals surface area contributed by atoms with Crippen molar-refractivity contribution in [2.24, 2.45) is 4.99 Å². The minimum absolute atomic E-state index is 0.448. The molecule has 0 radical (unpaired) electrons. The fourth-order valence-corrected chi connectivity index (χ4v) is 1.02. The van der Waals surface area contributed by atoms with Gasteiger partial charge in [0.15, 0.2) is 0 Å². The summed E-state index contributed by atoms with van der Waals surface area (Å²) >= 11 is 0. The van der Waals surface area contributed by atoms with Gasteiger partial charge in [0.05, 0.1) is 5.69 Å². The van der Waals surface area contributed by atoms with Crippen molar-refractivity contribution < 1.29 is 4.84 Å². The molecule has 1 aliphatic rings. The van der Waals surface area contributed by atoms with Gasteiger partial charge in [-0.2, -0.15) is 5.12 Å². The van der Waals surface area contributed by atoms with Gasteiger partial charge in [0.25, 0.3) is 0 Å². The van der Waals surface area contributed by atoms with Gasteiger partial charge >= 0.3 is 6.02 Å². The van der Waals surface area contributed by atoms with Crippen molar-refractivity contribution >= 4 is 11.7 Å². The van der Waals surface area contributed by atoms with Gasteiger partial charge in [0.2, 0.25) is 0 Å². The zero-order valence-corrected chi connectivity index (χ0v) is 7.19. The molecule has 0 aliphatic carbocycles. The summed E-state index contributed by atoms with van der Waals surface area (Å²) in [7, 11) is 1.65. The molecule has 5 heteroatoms. The van der Waals surface area contributed by atoms with E-state index in [1.165, 1.54) is 0 Å². The van der Waals surface area contributed by atoms with Crippen LogP contribution >= 0.6 is 0 Å². The molecular weight excluding hydrogens is 168 g/mol. The number of amidine groups is 1. The number of rotatable bonds is 1. The number of para-hydroxylation sites is 1. The Balaban J connectivity index is 2.13. The van der Waals surface area contributed by atoms with E-state index in [4.69, 9.17) is 4.84 Å². The minimum atomic E-state index is 0.448. The number of benzene rings is 1. The van der Waals surface area contributed by atoms with Crippen LogP contribution in [0.3, 0.4) is 0 Å². The predicted molar refractivity (Wildman–Crippen MR) is 49.6 cm³/mol. The highest BCUT2D eigenvalue weighted by Gasteiger charge is 2.16. The molecule has 2 rings (SSSR count). The van der Waals surface area contributed by atoms with Gasteiger partial charge in [0, 0.05) is 7.05 Å². The summed E-state index contributed by atoms with van der Waals surface area (Å²) < 4.78 is 0. The van der Waals surface area contributed by atoms with E-state index in [0.717, 1.165) is 5.69 Å². The molecule has 0 bridgehead atoms. The first kappa shape index (κ1) is 7.88. The van der Waals surface area contributed by atoms with Crippen molar-refractivity contribution in [3.05, 3.63) is 30.3 Å². The molecule has 2 N–H and O–H groups in total. The Morgan fingerprint density at radius 2 is 2.08 bits per heavy atom. The first-order chi connectivity index (χ1) is 6.40. The Morgan fingerprint density at radius 1 is 1.31 bits per heavy atom. The van der Waals surface area contributed by atoms with Crippen LogP contribution in [0.2, 0.25) is 0 Å². The SMILES string of the molecule is CN=C1NN(c2ccccc2)NO1. The van der Waals surface area contributed by atoms with E-state index < -0.39 is 0 Å². The fraction of sp³-hybridized carbons (Fsp3) is 0.125. The zero-order valence-electron chi connectivity index (χ0n) is 7.19. The quantitative estimate of drug-likeness (QED) is 0.655. The van der Waals surface area contributed by atoms with E-state index in [1.807, 2.05) is 30.3 Å². The molecule has 1 heterocycles. The summed E-state index contributed by atoms with van der Waals surface area (Å²) in [4.78, 5) is 8.83. The van der Waals surface area contributed by atoms with Crippen LogP contribution in [-0.4, -0.2) is 13.1 Å². The summed E-state index contributed by atoms with van der Waals surface area (Å²) in [5, 5.41) is 1.64. The van der Waals surface area contributed by atoms with Gasteiger partial charge in [0.1, 0.15) is 0 Å². The molecule has 0 unspecified atom stereocenters. The standard InChI is InChI=1S/C8H10N4O/c1-9-8-10-12(11-13-8)7-5-3-2-4-6-7/h2-6,11H,1H3,(H,9,10). The maximum absolute atomic E-state index is 4.98. The average Bonchev–Trinajstić information content (AvgIpc) is 2.67. The molecule has 1 aromatic carbocycles. The van der Waals surface area contributed by atoms with Crippen molar-refractivity contribution in [3.8, 4) is 0 Å². The normalized spacial score (nSPS) is 18.5. The van der Waals surface area contributed by atoms with Crippen molar-refractivity contribution in [1.29, 1.82) is 0 Å². The Kier molecular flexibility index (Phi) is 2.01. The molecule has 1 aromatic rings. The number of nitrogens with zero attached hydrogens (tertiary/aromatic N) is 2. The molecule has 1 aliphatic heterocycles. The molecule has 5 nitrogen and oxygen atoms in total. The maximum Gasteiger partial charge on any atom is 0.327 e. The topological polar surface area (TPSA) is 48.9 Å². The van der Waals surface area contributed by atoms with Crippen LogP contribution in [0, 0.1) is 0 Å². The smallest absolute Gasteiger partial charge is 0.327 e. The molecule has 68 valence electrons. The second-order valence-corrected chi connectivity index (χ2v) is 2.50. The predicted octanol–water partition coefficient (Wildman–Crippen LogP) is 0.433. The van der Waals surface area contributed by atoms with Gasteiger partial charge in [-0.3, -0.25) is 0 Å². The summed E-state index contributed by atoms with van der Waals surface area (Å²) in [6, 6.07) is 10.2. The molecule has 0 atom stereocenters. The van der Waals surface area contributed by atoms with Crippen LogP contribution in [0.4, 0.5) is 5.69 Å². The molecule has 0 amide bonds. The number of anilines is 1. The molecule has 0 aromatic heterocycles. The molecule has 1 fully saturated rings. The Morgan fingerprint density at radius 3 is 2.69 bits per heavy atom. The first-order valence-corrected chi connectivity index (χ1v) is 3.91. The summed E-state index contributed by atoms with van der Waals surface area (Å²) in [5.41, 5.74) is 6.53. The van der Waals surface area contributed by atoms with Crippen molar-refractivity contribution in [2.45, 2.75) is 0 Å². The highest BCUT2D eigenvalue weighted by atomic mass is 16.7. The second kappa shape index (κ2) is 3.32. The molecule has 1 saturated heterocycles. The summed E-state index contributed by atoms with van der Waals surface area (Å²) in [5.74, 6) is 0. The van der Waals surface area contributed by atoms with E-state index in [1.54, 1.807) is 12.2 Å². The van der Waals surface area contributed by atoms with Crippen molar-refractivity contribution in [2.75, 3.05) is 12.2 Å². The van der Waals surface area contributed by atoms with Crippen LogP contribution in [0.1, 0.15) is 0 Å². The van der Waals surface area contributed by atoms with Crippen molar-refractivity contribution in [3.63, 3.8) is 0 Å². The number of nitrogens with one attached hydrogen (secondary N) is 2.